The monoisotopic (exact) mass is 204 g/mol. The number of rotatable bonds is 4. The Balaban J connectivity index is 2.68. The number of ketones is 1. The first kappa shape index (κ1) is 11.5. The molecule has 80 valence electrons. The molecule has 0 atom stereocenters. The Hall–Kier alpha value is -1.57. The van der Waals surface area contributed by atoms with Crippen molar-refractivity contribution in [3.8, 4) is 5.75 Å². The summed E-state index contributed by atoms with van der Waals surface area (Å²) in [5.41, 5.74) is 1.00. The first-order valence-electron chi connectivity index (χ1n) is 5.03. The van der Waals surface area contributed by atoms with Crippen LogP contribution in [0.4, 0.5) is 0 Å². The lowest BCUT2D eigenvalue weighted by molar-refractivity contribution is -0.112. The standard InChI is InChI=1S/C13H16O2/c1-10(2)15-13-8-6-12(7-9-13)5-4-11(3)14/h4-10H,1-3H3/b5-4+. The summed E-state index contributed by atoms with van der Waals surface area (Å²) in [7, 11) is 0. The van der Waals surface area contributed by atoms with E-state index in [1.54, 1.807) is 12.2 Å². The highest BCUT2D eigenvalue weighted by Crippen LogP contribution is 2.14. The molecule has 0 aliphatic heterocycles. The third-order valence-electron chi connectivity index (χ3n) is 1.76. The maximum Gasteiger partial charge on any atom is 0.152 e. The topological polar surface area (TPSA) is 26.3 Å². The molecule has 0 aliphatic rings. The number of allylic oxidation sites excluding steroid dienone is 1. The van der Waals surface area contributed by atoms with E-state index in [2.05, 4.69) is 0 Å². The Labute approximate surface area is 90.6 Å². The highest BCUT2D eigenvalue weighted by atomic mass is 16.5. The second kappa shape index (κ2) is 5.35. The molecule has 0 radical (unpaired) electrons. The molecule has 2 nitrogen and oxygen atoms in total. The Morgan fingerprint density at radius 1 is 1.27 bits per heavy atom. The Kier molecular flexibility index (Phi) is 4.10. The molecule has 0 spiro atoms. The van der Waals surface area contributed by atoms with E-state index in [1.165, 1.54) is 6.92 Å². The fourth-order valence-corrected chi connectivity index (χ4v) is 1.14. The van der Waals surface area contributed by atoms with Crippen LogP contribution in [0, 0.1) is 0 Å². The predicted molar refractivity (Wildman–Crippen MR) is 61.9 cm³/mol. The summed E-state index contributed by atoms with van der Waals surface area (Å²) < 4.78 is 5.50. The fourth-order valence-electron chi connectivity index (χ4n) is 1.14. The summed E-state index contributed by atoms with van der Waals surface area (Å²) in [6.45, 7) is 5.51. The van der Waals surface area contributed by atoms with Gasteiger partial charge in [-0.05, 0) is 44.5 Å². The normalized spacial score (nSPS) is 10.9. The summed E-state index contributed by atoms with van der Waals surface area (Å²) in [4.78, 5) is 10.7. The fraction of sp³-hybridized carbons (Fsp3) is 0.308. The molecule has 1 rings (SSSR count). The second-order valence-electron chi connectivity index (χ2n) is 3.68. The molecule has 0 saturated heterocycles. The lowest BCUT2D eigenvalue weighted by atomic mass is 10.2. The number of carbonyl (C=O) groups excluding carboxylic acids is 1. The van der Waals surface area contributed by atoms with Gasteiger partial charge in [-0.15, -0.1) is 0 Å². The Morgan fingerprint density at radius 2 is 1.87 bits per heavy atom. The van der Waals surface area contributed by atoms with E-state index < -0.39 is 0 Å². The molecule has 2 heteroatoms. The van der Waals surface area contributed by atoms with Gasteiger partial charge in [0, 0.05) is 0 Å². The lowest BCUT2D eigenvalue weighted by Gasteiger charge is -2.09. The largest absolute Gasteiger partial charge is 0.491 e. The average molecular weight is 204 g/mol. The van der Waals surface area contributed by atoms with Crippen LogP contribution < -0.4 is 4.74 Å². The predicted octanol–water partition coefficient (Wildman–Crippen LogP) is 3.08. The molecule has 0 bridgehead atoms. The Morgan fingerprint density at radius 3 is 2.33 bits per heavy atom. The van der Waals surface area contributed by atoms with E-state index in [-0.39, 0.29) is 11.9 Å². The number of carbonyl (C=O) groups is 1. The van der Waals surface area contributed by atoms with Crippen LogP contribution >= 0.6 is 0 Å². The van der Waals surface area contributed by atoms with Crippen molar-refractivity contribution in [2.24, 2.45) is 0 Å². The second-order valence-corrected chi connectivity index (χ2v) is 3.68. The summed E-state index contributed by atoms with van der Waals surface area (Å²) >= 11 is 0. The van der Waals surface area contributed by atoms with E-state index in [0.29, 0.717) is 0 Å². The maximum atomic E-state index is 10.7. The van der Waals surface area contributed by atoms with Gasteiger partial charge in [-0.2, -0.15) is 0 Å². The molecule has 0 saturated carbocycles. The lowest BCUT2D eigenvalue weighted by Crippen LogP contribution is -2.05. The van der Waals surface area contributed by atoms with Crippen molar-refractivity contribution in [3.05, 3.63) is 35.9 Å². The van der Waals surface area contributed by atoms with E-state index in [4.69, 9.17) is 4.74 Å². The first-order chi connectivity index (χ1) is 7.08. The molecule has 1 aromatic rings. The van der Waals surface area contributed by atoms with Crippen LogP contribution in [0.2, 0.25) is 0 Å². The first-order valence-corrected chi connectivity index (χ1v) is 5.03. The van der Waals surface area contributed by atoms with Crippen LogP contribution in [0.3, 0.4) is 0 Å². The molecule has 1 aromatic carbocycles. The quantitative estimate of drug-likeness (QED) is 0.704. The van der Waals surface area contributed by atoms with Gasteiger partial charge in [0.05, 0.1) is 6.10 Å². The van der Waals surface area contributed by atoms with E-state index >= 15 is 0 Å². The third-order valence-corrected chi connectivity index (χ3v) is 1.76. The van der Waals surface area contributed by atoms with Crippen LogP contribution in [-0.2, 0) is 4.79 Å². The minimum Gasteiger partial charge on any atom is -0.491 e. The van der Waals surface area contributed by atoms with Crippen LogP contribution in [0.25, 0.3) is 6.08 Å². The molecular formula is C13H16O2. The molecule has 0 heterocycles. The smallest absolute Gasteiger partial charge is 0.152 e. The number of hydrogen-bond acceptors (Lipinski definition) is 2. The van der Waals surface area contributed by atoms with E-state index in [1.807, 2.05) is 38.1 Å². The zero-order chi connectivity index (χ0) is 11.3. The minimum atomic E-state index is 0.0532. The van der Waals surface area contributed by atoms with Gasteiger partial charge < -0.3 is 4.74 Å². The summed E-state index contributed by atoms with van der Waals surface area (Å²) in [6.07, 6.45) is 3.53. The maximum absolute atomic E-state index is 10.7. The zero-order valence-electron chi connectivity index (χ0n) is 9.36. The molecular weight excluding hydrogens is 188 g/mol. The molecule has 0 unspecified atom stereocenters. The van der Waals surface area contributed by atoms with Crippen molar-refractivity contribution in [2.75, 3.05) is 0 Å². The highest BCUT2D eigenvalue weighted by Gasteiger charge is 1.96. The van der Waals surface area contributed by atoms with Crippen molar-refractivity contribution < 1.29 is 9.53 Å². The minimum absolute atomic E-state index is 0.0532. The van der Waals surface area contributed by atoms with E-state index in [9.17, 15) is 4.79 Å². The highest BCUT2D eigenvalue weighted by molar-refractivity contribution is 5.91. The van der Waals surface area contributed by atoms with Gasteiger partial charge >= 0.3 is 0 Å². The third kappa shape index (κ3) is 4.45. The van der Waals surface area contributed by atoms with Crippen molar-refractivity contribution in [1.29, 1.82) is 0 Å². The van der Waals surface area contributed by atoms with Crippen LogP contribution in [-0.4, -0.2) is 11.9 Å². The molecule has 15 heavy (non-hydrogen) atoms. The Bertz CT molecular complexity index is 347. The van der Waals surface area contributed by atoms with Crippen molar-refractivity contribution in [1.82, 2.24) is 0 Å². The van der Waals surface area contributed by atoms with Gasteiger partial charge in [0.15, 0.2) is 5.78 Å². The van der Waals surface area contributed by atoms with Gasteiger partial charge in [-0.25, -0.2) is 0 Å². The molecule has 0 N–H and O–H groups in total. The van der Waals surface area contributed by atoms with Crippen LogP contribution in [0.1, 0.15) is 26.3 Å². The van der Waals surface area contributed by atoms with Crippen molar-refractivity contribution in [3.63, 3.8) is 0 Å². The summed E-state index contributed by atoms with van der Waals surface area (Å²) in [5.74, 6) is 0.905. The number of benzene rings is 1. The number of hydrogen-bond donors (Lipinski definition) is 0. The molecule has 0 fully saturated rings. The number of ether oxygens (including phenoxy) is 1. The van der Waals surface area contributed by atoms with Crippen molar-refractivity contribution >= 4 is 11.9 Å². The van der Waals surface area contributed by atoms with Crippen LogP contribution in [0.15, 0.2) is 30.3 Å². The van der Waals surface area contributed by atoms with Gasteiger partial charge in [-0.3, -0.25) is 4.79 Å². The summed E-state index contributed by atoms with van der Waals surface area (Å²) in [5, 5.41) is 0. The van der Waals surface area contributed by atoms with Gasteiger partial charge in [0.25, 0.3) is 0 Å². The SMILES string of the molecule is CC(=O)/C=C/c1ccc(OC(C)C)cc1. The molecule has 0 aliphatic carbocycles. The van der Waals surface area contributed by atoms with Gasteiger partial charge in [0.1, 0.15) is 5.75 Å². The van der Waals surface area contributed by atoms with Gasteiger partial charge in [0.2, 0.25) is 0 Å². The molecule has 0 amide bonds. The van der Waals surface area contributed by atoms with E-state index in [0.717, 1.165) is 11.3 Å². The molecule has 0 aromatic heterocycles. The summed E-state index contributed by atoms with van der Waals surface area (Å²) in [6, 6.07) is 7.66. The van der Waals surface area contributed by atoms with Crippen LogP contribution in [0.5, 0.6) is 5.75 Å². The zero-order valence-corrected chi connectivity index (χ0v) is 9.36. The van der Waals surface area contributed by atoms with Crippen molar-refractivity contribution in [2.45, 2.75) is 26.9 Å². The average Bonchev–Trinajstić information content (AvgIpc) is 2.16. The van der Waals surface area contributed by atoms with Gasteiger partial charge in [-0.1, -0.05) is 18.2 Å².